The second-order valence-electron chi connectivity index (χ2n) is 4.15. The fourth-order valence-electron chi connectivity index (χ4n) is 1.60. The van der Waals surface area contributed by atoms with E-state index in [0.29, 0.717) is 22.1 Å². The van der Waals surface area contributed by atoms with Crippen molar-refractivity contribution in [3.05, 3.63) is 41.2 Å². The largest absolute Gasteiger partial charge is 0.370 e. The number of nitrogens with one attached hydrogen (secondary N) is 2. The highest BCUT2D eigenvalue weighted by Gasteiger charge is 2.04. The molecule has 2 aromatic rings. The van der Waals surface area contributed by atoms with Crippen molar-refractivity contribution in [2.45, 2.75) is 13.3 Å². The lowest BCUT2D eigenvalue weighted by Crippen LogP contribution is -2.03. The third kappa shape index (κ3) is 3.59. The third-order valence-electron chi connectivity index (χ3n) is 2.58. The average Bonchev–Trinajstić information content (AvgIpc) is 2.48. The van der Waals surface area contributed by atoms with E-state index in [2.05, 4.69) is 33.6 Å². The molecule has 0 saturated heterocycles. The summed E-state index contributed by atoms with van der Waals surface area (Å²) in [7, 11) is 0. The summed E-state index contributed by atoms with van der Waals surface area (Å²) >= 11 is 6.10. The van der Waals surface area contributed by atoms with Gasteiger partial charge < -0.3 is 10.6 Å². The van der Waals surface area contributed by atoms with Gasteiger partial charge in [0.1, 0.15) is 18.0 Å². The molecule has 0 aliphatic carbocycles. The van der Waals surface area contributed by atoms with Crippen LogP contribution in [0.25, 0.3) is 0 Å². The molecule has 0 aliphatic rings. The molecule has 2 rings (SSSR count). The van der Waals surface area contributed by atoms with Crippen LogP contribution in [-0.2, 0) is 0 Å². The summed E-state index contributed by atoms with van der Waals surface area (Å²) in [4.78, 5) is 8.26. The first-order chi connectivity index (χ1) is 9.72. The van der Waals surface area contributed by atoms with Crippen LogP contribution >= 0.6 is 11.6 Å². The molecule has 0 unspecified atom stereocenters. The lowest BCUT2D eigenvalue weighted by atomic mass is 10.2. The highest BCUT2D eigenvalue weighted by Crippen LogP contribution is 2.26. The Hall–Kier alpha value is -2.32. The Morgan fingerprint density at radius 3 is 2.80 bits per heavy atom. The first-order valence-corrected chi connectivity index (χ1v) is 6.63. The van der Waals surface area contributed by atoms with Crippen molar-refractivity contribution < 1.29 is 0 Å². The summed E-state index contributed by atoms with van der Waals surface area (Å²) in [6.07, 6.45) is 2.49. The van der Waals surface area contributed by atoms with Crippen molar-refractivity contribution in [1.29, 1.82) is 5.26 Å². The van der Waals surface area contributed by atoms with Crippen LogP contribution in [-0.4, -0.2) is 16.5 Å². The number of nitriles is 1. The van der Waals surface area contributed by atoms with Crippen LogP contribution in [0.2, 0.25) is 5.02 Å². The van der Waals surface area contributed by atoms with Gasteiger partial charge in [-0.25, -0.2) is 9.97 Å². The molecule has 20 heavy (non-hydrogen) atoms. The van der Waals surface area contributed by atoms with E-state index in [9.17, 15) is 0 Å². The Balaban J connectivity index is 2.19. The minimum Gasteiger partial charge on any atom is -0.370 e. The Kier molecular flexibility index (Phi) is 4.75. The van der Waals surface area contributed by atoms with Gasteiger partial charge in [0.25, 0.3) is 0 Å². The van der Waals surface area contributed by atoms with Crippen LogP contribution in [0.3, 0.4) is 0 Å². The zero-order chi connectivity index (χ0) is 14.4. The van der Waals surface area contributed by atoms with Crippen molar-refractivity contribution in [1.82, 2.24) is 9.97 Å². The first kappa shape index (κ1) is 14.1. The van der Waals surface area contributed by atoms with Crippen molar-refractivity contribution in [3.8, 4) is 6.07 Å². The number of aromatic nitrogens is 2. The smallest absolute Gasteiger partial charge is 0.135 e. The molecular weight excluding hydrogens is 274 g/mol. The van der Waals surface area contributed by atoms with E-state index < -0.39 is 0 Å². The Labute approximate surface area is 122 Å². The van der Waals surface area contributed by atoms with E-state index in [4.69, 9.17) is 16.9 Å². The van der Waals surface area contributed by atoms with Gasteiger partial charge in [0.15, 0.2) is 0 Å². The number of hydrogen-bond acceptors (Lipinski definition) is 5. The Morgan fingerprint density at radius 2 is 2.05 bits per heavy atom. The molecule has 0 radical (unpaired) electrons. The molecule has 0 saturated carbocycles. The molecule has 1 aromatic carbocycles. The molecule has 1 heterocycles. The topological polar surface area (TPSA) is 73.6 Å². The fourth-order valence-corrected chi connectivity index (χ4v) is 1.77. The molecule has 0 atom stereocenters. The van der Waals surface area contributed by atoms with Gasteiger partial charge in [-0.1, -0.05) is 18.5 Å². The van der Waals surface area contributed by atoms with Crippen molar-refractivity contribution >= 4 is 28.9 Å². The fraction of sp³-hybridized carbons (Fsp3) is 0.214. The van der Waals surface area contributed by atoms with E-state index in [1.165, 1.54) is 6.33 Å². The minimum absolute atomic E-state index is 0.533. The summed E-state index contributed by atoms with van der Waals surface area (Å²) in [6, 6.07) is 8.91. The minimum atomic E-state index is 0.533. The molecule has 5 nitrogen and oxygen atoms in total. The van der Waals surface area contributed by atoms with Gasteiger partial charge in [0, 0.05) is 12.6 Å². The van der Waals surface area contributed by atoms with E-state index >= 15 is 0 Å². The molecule has 2 N–H and O–H groups in total. The van der Waals surface area contributed by atoms with E-state index in [1.807, 2.05) is 0 Å². The van der Waals surface area contributed by atoms with Crippen LogP contribution < -0.4 is 10.6 Å². The highest BCUT2D eigenvalue weighted by molar-refractivity contribution is 6.33. The number of rotatable bonds is 5. The van der Waals surface area contributed by atoms with Gasteiger partial charge in [-0.15, -0.1) is 0 Å². The Bertz CT molecular complexity index is 636. The molecule has 0 spiro atoms. The highest BCUT2D eigenvalue weighted by atomic mass is 35.5. The maximum absolute atomic E-state index is 8.90. The number of benzene rings is 1. The van der Waals surface area contributed by atoms with E-state index in [0.717, 1.165) is 18.8 Å². The Morgan fingerprint density at radius 1 is 1.25 bits per heavy atom. The molecule has 0 fully saturated rings. The van der Waals surface area contributed by atoms with Crippen LogP contribution in [0.1, 0.15) is 18.9 Å². The summed E-state index contributed by atoms with van der Waals surface area (Å²) in [6.45, 7) is 2.93. The standard InChI is InChI=1S/C14H14ClN5/c1-2-5-17-13-7-14(19-9-18-13)20-12-6-10(8-16)3-4-11(12)15/h3-4,6-7,9H,2,5H2,1H3,(H2,17,18,19,20). The van der Waals surface area contributed by atoms with Crippen molar-refractivity contribution in [3.63, 3.8) is 0 Å². The molecular formula is C14H14ClN5. The number of anilines is 3. The summed E-state index contributed by atoms with van der Waals surface area (Å²) in [5, 5.41) is 15.7. The van der Waals surface area contributed by atoms with Gasteiger partial charge in [-0.2, -0.15) is 5.26 Å². The second kappa shape index (κ2) is 6.73. The van der Waals surface area contributed by atoms with Crippen LogP contribution in [0.5, 0.6) is 0 Å². The summed E-state index contributed by atoms with van der Waals surface area (Å²) in [5.74, 6) is 1.37. The quantitative estimate of drug-likeness (QED) is 0.879. The first-order valence-electron chi connectivity index (χ1n) is 6.25. The molecule has 0 amide bonds. The summed E-state index contributed by atoms with van der Waals surface area (Å²) in [5.41, 5.74) is 1.18. The van der Waals surface area contributed by atoms with Crippen LogP contribution in [0.4, 0.5) is 17.3 Å². The lowest BCUT2D eigenvalue weighted by molar-refractivity contribution is 0.965. The normalized spacial score (nSPS) is 9.85. The molecule has 0 aliphatic heterocycles. The maximum atomic E-state index is 8.90. The molecule has 1 aromatic heterocycles. The molecule has 6 heteroatoms. The van der Waals surface area contributed by atoms with Crippen molar-refractivity contribution in [2.75, 3.05) is 17.2 Å². The number of halogens is 1. The second-order valence-corrected chi connectivity index (χ2v) is 4.55. The molecule has 0 bridgehead atoms. The predicted molar refractivity (Wildman–Crippen MR) is 80.3 cm³/mol. The van der Waals surface area contributed by atoms with Gasteiger partial charge in [0.2, 0.25) is 0 Å². The lowest BCUT2D eigenvalue weighted by Gasteiger charge is -2.09. The van der Waals surface area contributed by atoms with Crippen LogP contribution in [0.15, 0.2) is 30.6 Å². The van der Waals surface area contributed by atoms with Crippen LogP contribution in [0, 0.1) is 11.3 Å². The van der Waals surface area contributed by atoms with E-state index in [1.54, 1.807) is 24.3 Å². The van der Waals surface area contributed by atoms with Gasteiger partial charge >= 0.3 is 0 Å². The predicted octanol–water partition coefficient (Wildman–Crippen LogP) is 3.57. The number of hydrogen-bond donors (Lipinski definition) is 2. The average molecular weight is 288 g/mol. The maximum Gasteiger partial charge on any atom is 0.135 e. The van der Waals surface area contributed by atoms with Crippen molar-refractivity contribution in [2.24, 2.45) is 0 Å². The number of nitrogens with zero attached hydrogens (tertiary/aromatic N) is 3. The van der Waals surface area contributed by atoms with E-state index in [-0.39, 0.29) is 0 Å². The third-order valence-corrected chi connectivity index (χ3v) is 2.91. The monoisotopic (exact) mass is 287 g/mol. The summed E-state index contributed by atoms with van der Waals surface area (Å²) < 4.78 is 0. The van der Waals surface area contributed by atoms with Gasteiger partial charge in [0.05, 0.1) is 22.3 Å². The van der Waals surface area contributed by atoms with Gasteiger partial charge in [-0.05, 0) is 24.6 Å². The van der Waals surface area contributed by atoms with Gasteiger partial charge in [-0.3, -0.25) is 0 Å². The zero-order valence-corrected chi connectivity index (χ0v) is 11.8. The SMILES string of the molecule is CCCNc1cc(Nc2cc(C#N)ccc2Cl)ncn1. The molecule has 102 valence electrons. The zero-order valence-electron chi connectivity index (χ0n) is 11.0.